The van der Waals surface area contributed by atoms with Crippen LogP contribution in [0.25, 0.3) is 0 Å². The van der Waals surface area contributed by atoms with Crippen molar-refractivity contribution in [1.29, 1.82) is 0 Å². The Kier molecular flexibility index (Phi) is 5.20. The van der Waals surface area contributed by atoms with Crippen LogP contribution in [-0.2, 0) is 6.54 Å². The van der Waals surface area contributed by atoms with Gasteiger partial charge in [0.05, 0.1) is 12.2 Å². The smallest absolute Gasteiger partial charge is 0.150 e. The maximum atomic E-state index is 5.33. The van der Waals surface area contributed by atoms with Gasteiger partial charge in [-0.2, -0.15) is 0 Å². The van der Waals surface area contributed by atoms with Crippen LogP contribution in [0.3, 0.4) is 0 Å². The Morgan fingerprint density at radius 3 is 3.06 bits per heavy atom. The third kappa shape index (κ3) is 4.10. The van der Waals surface area contributed by atoms with E-state index in [2.05, 4.69) is 22.3 Å². The summed E-state index contributed by atoms with van der Waals surface area (Å²) in [4.78, 5) is 2.49. The second-order valence-corrected chi connectivity index (χ2v) is 5.32. The van der Waals surface area contributed by atoms with Crippen molar-refractivity contribution < 1.29 is 4.52 Å². The topological polar surface area (TPSA) is 41.3 Å². The number of aromatic nitrogens is 1. The van der Waals surface area contributed by atoms with Crippen LogP contribution in [0, 0.1) is 6.92 Å². The normalized spacial score (nSPS) is 19.8. The molecule has 1 aromatic heterocycles. The summed E-state index contributed by atoms with van der Waals surface area (Å²) < 4.78 is 5.33. The number of unbranched alkanes of at least 4 members (excludes halogenated alkanes) is 1. The SMILES string of the molecule is CCCCN(Cc1cc(C)no1)CC1CCCN1. The molecule has 1 aliphatic rings. The summed E-state index contributed by atoms with van der Waals surface area (Å²) in [6.45, 7) is 8.55. The van der Waals surface area contributed by atoms with Gasteiger partial charge in [0.15, 0.2) is 5.76 Å². The average Bonchev–Trinajstić information content (AvgIpc) is 2.98. The standard InChI is InChI=1S/C14H25N3O/c1-3-4-8-17(10-13-6-5-7-15-13)11-14-9-12(2)16-18-14/h9,13,15H,3-8,10-11H2,1-2H3. The summed E-state index contributed by atoms with van der Waals surface area (Å²) in [6.07, 6.45) is 5.11. The Balaban J connectivity index is 1.86. The van der Waals surface area contributed by atoms with Gasteiger partial charge in [-0.1, -0.05) is 18.5 Å². The van der Waals surface area contributed by atoms with E-state index in [1.54, 1.807) is 0 Å². The zero-order valence-electron chi connectivity index (χ0n) is 11.6. The Hall–Kier alpha value is -0.870. The van der Waals surface area contributed by atoms with Crippen molar-refractivity contribution in [2.75, 3.05) is 19.6 Å². The molecule has 4 nitrogen and oxygen atoms in total. The third-order valence-corrected chi connectivity index (χ3v) is 3.53. The predicted octanol–water partition coefficient (Wildman–Crippen LogP) is 2.34. The monoisotopic (exact) mass is 251 g/mol. The van der Waals surface area contributed by atoms with E-state index < -0.39 is 0 Å². The van der Waals surface area contributed by atoms with Crippen molar-refractivity contribution in [3.63, 3.8) is 0 Å². The molecule has 1 atom stereocenters. The average molecular weight is 251 g/mol. The highest BCUT2D eigenvalue weighted by Crippen LogP contribution is 2.12. The number of nitrogens with zero attached hydrogens (tertiary/aromatic N) is 2. The van der Waals surface area contributed by atoms with E-state index in [9.17, 15) is 0 Å². The number of aryl methyl sites for hydroxylation is 1. The summed E-state index contributed by atoms with van der Waals surface area (Å²) >= 11 is 0. The van der Waals surface area contributed by atoms with E-state index in [1.165, 1.54) is 32.2 Å². The van der Waals surface area contributed by atoms with Crippen LogP contribution >= 0.6 is 0 Å². The Bertz CT molecular complexity index is 345. The van der Waals surface area contributed by atoms with Crippen LogP contribution in [0.2, 0.25) is 0 Å². The molecule has 0 aliphatic carbocycles. The van der Waals surface area contributed by atoms with E-state index in [-0.39, 0.29) is 0 Å². The van der Waals surface area contributed by atoms with Crippen LogP contribution in [0.15, 0.2) is 10.6 Å². The first-order valence-electron chi connectivity index (χ1n) is 7.16. The molecule has 0 spiro atoms. The van der Waals surface area contributed by atoms with E-state index >= 15 is 0 Å². The first kappa shape index (κ1) is 13.6. The van der Waals surface area contributed by atoms with Gasteiger partial charge in [-0.15, -0.1) is 0 Å². The maximum absolute atomic E-state index is 5.33. The van der Waals surface area contributed by atoms with Gasteiger partial charge in [-0.3, -0.25) is 4.90 Å². The summed E-state index contributed by atoms with van der Waals surface area (Å²) in [6, 6.07) is 2.70. The quantitative estimate of drug-likeness (QED) is 0.807. The molecule has 1 unspecified atom stereocenters. The van der Waals surface area contributed by atoms with Crippen LogP contribution < -0.4 is 5.32 Å². The van der Waals surface area contributed by atoms with Gasteiger partial charge in [0, 0.05) is 18.7 Å². The number of rotatable bonds is 7. The molecular weight excluding hydrogens is 226 g/mol. The fraction of sp³-hybridized carbons (Fsp3) is 0.786. The highest BCUT2D eigenvalue weighted by molar-refractivity contribution is 5.03. The number of hydrogen-bond donors (Lipinski definition) is 1. The molecule has 1 saturated heterocycles. The summed E-state index contributed by atoms with van der Waals surface area (Å²) in [5, 5.41) is 7.53. The van der Waals surface area contributed by atoms with Gasteiger partial charge in [-0.25, -0.2) is 0 Å². The van der Waals surface area contributed by atoms with Gasteiger partial charge in [0.1, 0.15) is 0 Å². The Morgan fingerprint density at radius 1 is 1.56 bits per heavy atom. The van der Waals surface area contributed by atoms with Gasteiger partial charge >= 0.3 is 0 Å². The molecule has 0 bridgehead atoms. The van der Waals surface area contributed by atoms with Gasteiger partial charge in [0.25, 0.3) is 0 Å². The number of nitrogens with one attached hydrogen (secondary N) is 1. The molecule has 2 heterocycles. The molecule has 1 fully saturated rings. The Morgan fingerprint density at radius 2 is 2.44 bits per heavy atom. The molecule has 1 aromatic rings. The Labute approximate surface area is 110 Å². The van der Waals surface area contributed by atoms with Crippen LogP contribution in [0.5, 0.6) is 0 Å². The molecule has 0 radical (unpaired) electrons. The van der Waals surface area contributed by atoms with Crippen molar-refractivity contribution >= 4 is 0 Å². The second-order valence-electron chi connectivity index (χ2n) is 5.32. The molecule has 0 amide bonds. The zero-order valence-corrected chi connectivity index (χ0v) is 11.6. The van der Waals surface area contributed by atoms with Crippen LogP contribution in [0.1, 0.15) is 44.1 Å². The molecule has 4 heteroatoms. The van der Waals surface area contributed by atoms with E-state index in [4.69, 9.17) is 4.52 Å². The van der Waals surface area contributed by atoms with Gasteiger partial charge in [-0.05, 0) is 39.3 Å². The summed E-state index contributed by atoms with van der Waals surface area (Å²) in [5.41, 5.74) is 0.972. The molecule has 0 saturated carbocycles. The molecular formula is C14H25N3O. The zero-order chi connectivity index (χ0) is 12.8. The lowest BCUT2D eigenvalue weighted by atomic mass is 10.2. The summed E-state index contributed by atoms with van der Waals surface area (Å²) in [5.74, 6) is 0.988. The largest absolute Gasteiger partial charge is 0.360 e. The molecule has 0 aromatic carbocycles. The lowest BCUT2D eigenvalue weighted by Crippen LogP contribution is -2.37. The first-order chi connectivity index (χ1) is 8.78. The first-order valence-corrected chi connectivity index (χ1v) is 7.16. The van der Waals surface area contributed by atoms with Gasteiger partial charge in [0.2, 0.25) is 0 Å². The fourth-order valence-corrected chi connectivity index (χ4v) is 2.55. The van der Waals surface area contributed by atoms with Gasteiger partial charge < -0.3 is 9.84 Å². The molecule has 1 aliphatic heterocycles. The molecule has 2 rings (SSSR count). The van der Waals surface area contributed by atoms with Crippen molar-refractivity contribution in [3.05, 3.63) is 17.5 Å². The van der Waals surface area contributed by atoms with Crippen molar-refractivity contribution in [1.82, 2.24) is 15.4 Å². The maximum Gasteiger partial charge on any atom is 0.150 e. The predicted molar refractivity (Wildman–Crippen MR) is 72.4 cm³/mol. The number of hydrogen-bond acceptors (Lipinski definition) is 4. The lowest BCUT2D eigenvalue weighted by molar-refractivity contribution is 0.210. The highest BCUT2D eigenvalue weighted by Gasteiger charge is 2.18. The van der Waals surface area contributed by atoms with E-state index in [0.29, 0.717) is 6.04 Å². The minimum atomic E-state index is 0.658. The van der Waals surface area contributed by atoms with Crippen LogP contribution in [0.4, 0.5) is 0 Å². The molecule has 102 valence electrons. The molecule has 18 heavy (non-hydrogen) atoms. The van der Waals surface area contributed by atoms with E-state index in [1.807, 2.05) is 13.0 Å². The fourth-order valence-electron chi connectivity index (χ4n) is 2.55. The molecule has 1 N–H and O–H groups in total. The van der Waals surface area contributed by atoms with Crippen LogP contribution in [-0.4, -0.2) is 35.7 Å². The minimum absolute atomic E-state index is 0.658. The highest BCUT2D eigenvalue weighted by atomic mass is 16.5. The van der Waals surface area contributed by atoms with Crippen molar-refractivity contribution in [2.24, 2.45) is 0 Å². The second kappa shape index (κ2) is 6.90. The minimum Gasteiger partial charge on any atom is -0.360 e. The summed E-state index contributed by atoms with van der Waals surface area (Å²) in [7, 11) is 0. The third-order valence-electron chi connectivity index (χ3n) is 3.53. The van der Waals surface area contributed by atoms with E-state index in [0.717, 1.165) is 31.1 Å². The lowest BCUT2D eigenvalue weighted by Gasteiger charge is -2.24. The van der Waals surface area contributed by atoms with Crippen molar-refractivity contribution in [2.45, 2.75) is 52.1 Å². The van der Waals surface area contributed by atoms with Crippen molar-refractivity contribution in [3.8, 4) is 0 Å².